The predicted molar refractivity (Wildman–Crippen MR) is 80.5 cm³/mol. The Morgan fingerprint density at radius 1 is 1.05 bits per heavy atom. The van der Waals surface area contributed by atoms with Crippen LogP contribution in [-0.2, 0) is 29.7 Å². The van der Waals surface area contributed by atoms with Crippen molar-refractivity contribution in [2.24, 2.45) is 0 Å². The molecule has 0 fully saturated rings. The highest BCUT2D eigenvalue weighted by Crippen LogP contribution is 2.27. The maximum atomic E-state index is 11.9. The minimum Gasteiger partial charge on any atom is -0.291 e. The highest BCUT2D eigenvalue weighted by atomic mass is 32.2. The molecule has 2 heterocycles. The van der Waals surface area contributed by atoms with Crippen molar-refractivity contribution in [1.29, 1.82) is 0 Å². The van der Waals surface area contributed by atoms with Crippen LogP contribution in [-0.4, -0.2) is 19.2 Å². The van der Waals surface area contributed by atoms with Crippen LogP contribution in [0.3, 0.4) is 0 Å². The molecule has 6 heteroatoms. The Labute approximate surface area is 128 Å². The Bertz CT molecular complexity index is 865. The number of rotatable bonds is 2. The number of benzene rings is 2. The van der Waals surface area contributed by atoms with Crippen molar-refractivity contribution in [2.45, 2.75) is 24.5 Å². The average Bonchev–Trinajstić information content (AvgIpc) is 2.97. The number of sulfonamides is 1. The molecular formula is C16H14N2O3S. The zero-order valence-electron chi connectivity index (χ0n) is 11.7. The van der Waals surface area contributed by atoms with Crippen LogP contribution in [0.15, 0.2) is 47.4 Å². The molecule has 0 aliphatic carbocycles. The second-order valence-corrected chi connectivity index (χ2v) is 7.33. The van der Waals surface area contributed by atoms with Gasteiger partial charge in [-0.1, -0.05) is 30.3 Å². The summed E-state index contributed by atoms with van der Waals surface area (Å²) in [5.74, 6) is -0.546. The van der Waals surface area contributed by atoms with E-state index >= 15 is 0 Å². The van der Waals surface area contributed by atoms with Gasteiger partial charge in [-0.2, -0.15) is 0 Å². The maximum absolute atomic E-state index is 11.9. The molecule has 0 saturated heterocycles. The van der Waals surface area contributed by atoms with Crippen molar-refractivity contribution in [3.63, 3.8) is 0 Å². The summed E-state index contributed by atoms with van der Waals surface area (Å²) in [4.78, 5) is 13.9. The summed E-state index contributed by atoms with van der Waals surface area (Å²) in [6.07, 6.45) is 0. The zero-order chi connectivity index (χ0) is 15.3. The van der Waals surface area contributed by atoms with Crippen LogP contribution in [0, 0.1) is 0 Å². The van der Waals surface area contributed by atoms with E-state index in [2.05, 4.69) is 17.0 Å². The standard InChI is InChI=1S/C16H14N2O3S/c19-16-14-6-5-11(7-15(14)22(20,21)17-16)8-18-9-12-3-1-2-4-13(12)10-18/h1-7H,8-10H2,(H,17,19). The Morgan fingerprint density at radius 2 is 1.73 bits per heavy atom. The molecule has 0 saturated carbocycles. The van der Waals surface area contributed by atoms with E-state index in [0.29, 0.717) is 6.54 Å². The number of hydrogen-bond donors (Lipinski definition) is 1. The first-order valence-electron chi connectivity index (χ1n) is 7.02. The van der Waals surface area contributed by atoms with E-state index in [-0.39, 0.29) is 10.5 Å². The normalized spacial score (nSPS) is 18.8. The molecule has 5 nitrogen and oxygen atoms in total. The minimum atomic E-state index is -3.68. The molecule has 112 valence electrons. The van der Waals surface area contributed by atoms with E-state index in [9.17, 15) is 13.2 Å². The van der Waals surface area contributed by atoms with Gasteiger partial charge in [0.2, 0.25) is 0 Å². The van der Waals surface area contributed by atoms with Gasteiger partial charge in [0.15, 0.2) is 0 Å². The van der Waals surface area contributed by atoms with Gasteiger partial charge in [0.25, 0.3) is 15.9 Å². The zero-order valence-corrected chi connectivity index (χ0v) is 12.6. The summed E-state index contributed by atoms with van der Waals surface area (Å²) in [5.41, 5.74) is 3.75. The van der Waals surface area contributed by atoms with Crippen LogP contribution in [0.4, 0.5) is 0 Å². The van der Waals surface area contributed by atoms with Gasteiger partial charge in [-0.05, 0) is 28.8 Å². The molecule has 2 aliphatic rings. The van der Waals surface area contributed by atoms with Crippen molar-refractivity contribution in [1.82, 2.24) is 9.62 Å². The predicted octanol–water partition coefficient (Wildman–Crippen LogP) is 1.63. The molecular weight excluding hydrogens is 300 g/mol. The van der Waals surface area contributed by atoms with E-state index in [0.717, 1.165) is 18.7 Å². The number of fused-ring (bicyclic) bond motifs is 2. The van der Waals surface area contributed by atoms with E-state index < -0.39 is 15.9 Å². The Hall–Kier alpha value is -2.18. The molecule has 0 atom stereocenters. The number of amides is 1. The lowest BCUT2D eigenvalue weighted by Gasteiger charge is -2.15. The monoisotopic (exact) mass is 314 g/mol. The van der Waals surface area contributed by atoms with Crippen LogP contribution in [0.25, 0.3) is 0 Å². The van der Waals surface area contributed by atoms with Crippen molar-refractivity contribution in [2.75, 3.05) is 0 Å². The first-order valence-corrected chi connectivity index (χ1v) is 8.50. The van der Waals surface area contributed by atoms with Gasteiger partial charge < -0.3 is 0 Å². The van der Waals surface area contributed by atoms with E-state index in [1.54, 1.807) is 12.1 Å². The molecule has 1 N–H and O–H groups in total. The van der Waals surface area contributed by atoms with Gasteiger partial charge in [-0.15, -0.1) is 0 Å². The average molecular weight is 314 g/mol. The van der Waals surface area contributed by atoms with Crippen LogP contribution in [0.1, 0.15) is 27.0 Å². The summed E-state index contributed by atoms with van der Waals surface area (Å²) in [6.45, 7) is 2.38. The molecule has 1 amide bonds. The smallest absolute Gasteiger partial charge is 0.266 e. The SMILES string of the molecule is O=C1NS(=O)(=O)c2cc(CN3Cc4ccccc4C3)ccc21. The van der Waals surface area contributed by atoms with Gasteiger partial charge in [0.1, 0.15) is 4.90 Å². The molecule has 22 heavy (non-hydrogen) atoms. The summed E-state index contributed by atoms with van der Waals surface area (Å²) in [5, 5.41) is 0. The fourth-order valence-corrected chi connectivity index (χ4v) is 4.30. The van der Waals surface area contributed by atoms with Crippen LogP contribution in [0.2, 0.25) is 0 Å². The summed E-state index contributed by atoms with van der Waals surface area (Å²) in [6, 6.07) is 13.3. The molecule has 4 rings (SSSR count). The van der Waals surface area contributed by atoms with Gasteiger partial charge >= 0.3 is 0 Å². The van der Waals surface area contributed by atoms with Crippen molar-refractivity contribution in [3.05, 3.63) is 64.7 Å². The van der Waals surface area contributed by atoms with Crippen LogP contribution < -0.4 is 4.72 Å². The number of carbonyl (C=O) groups excluding carboxylic acids is 1. The third-order valence-electron chi connectivity index (χ3n) is 4.12. The fourth-order valence-electron chi connectivity index (χ4n) is 3.08. The number of nitrogens with zero attached hydrogens (tertiary/aromatic N) is 1. The summed E-state index contributed by atoms with van der Waals surface area (Å²) >= 11 is 0. The fraction of sp³-hybridized carbons (Fsp3) is 0.188. The van der Waals surface area contributed by atoms with Crippen LogP contribution in [0.5, 0.6) is 0 Å². The first kappa shape index (κ1) is 13.5. The molecule has 0 radical (unpaired) electrons. The molecule has 2 aliphatic heterocycles. The summed E-state index contributed by atoms with van der Waals surface area (Å²) < 4.78 is 25.8. The van der Waals surface area contributed by atoms with Gasteiger partial charge in [-0.3, -0.25) is 9.69 Å². The largest absolute Gasteiger partial charge is 0.291 e. The van der Waals surface area contributed by atoms with Gasteiger partial charge in [0, 0.05) is 19.6 Å². The highest BCUT2D eigenvalue weighted by molar-refractivity contribution is 7.90. The molecule has 0 bridgehead atoms. The van der Waals surface area contributed by atoms with E-state index in [4.69, 9.17) is 0 Å². The second kappa shape index (κ2) is 4.66. The third kappa shape index (κ3) is 2.12. The quantitative estimate of drug-likeness (QED) is 0.915. The lowest BCUT2D eigenvalue weighted by molar-refractivity contribution is 0.0985. The third-order valence-corrected chi connectivity index (χ3v) is 5.49. The lowest BCUT2D eigenvalue weighted by atomic mass is 10.1. The number of carbonyl (C=O) groups is 1. The Morgan fingerprint density at radius 3 is 2.41 bits per heavy atom. The Balaban J connectivity index is 1.60. The maximum Gasteiger partial charge on any atom is 0.266 e. The van der Waals surface area contributed by atoms with E-state index in [1.165, 1.54) is 11.1 Å². The highest BCUT2D eigenvalue weighted by Gasteiger charge is 2.32. The molecule has 2 aromatic carbocycles. The second-order valence-electron chi connectivity index (χ2n) is 5.68. The first-order chi connectivity index (χ1) is 10.5. The number of nitrogens with one attached hydrogen (secondary N) is 1. The number of hydrogen-bond acceptors (Lipinski definition) is 4. The summed E-state index contributed by atoms with van der Waals surface area (Å²) in [7, 11) is -3.68. The minimum absolute atomic E-state index is 0.0895. The molecule has 0 aromatic heterocycles. The van der Waals surface area contributed by atoms with Gasteiger partial charge in [0.05, 0.1) is 5.56 Å². The molecule has 0 spiro atoms. The molecule has 0 unspecified atom stereocenters. The van der Waals surface area contributed by atoms with Crippen LogP contribution >= 0.6 is 0 Å². The van der Waals surface area contributed by atoms with Crippen molar-refractivity contribution in [3.8, 4) is 0 Å². The Kier molecular flexibility index (Phi) is 2.85. The molecule has 2 aromatic rings. The lowest BCUT2D eigenvalue weighted by Crippen LogP contribution is -2.20. The van der Waals surface area contributed by atoms with Crippen molar-refractivity contribution >= 4 is 15.9 Å². The van der Waals surface area contributed by atoms with Crippen molar-refractivity contribution < 1.29 is 13.2 Å². The van der Waals surface area contributed by atoms with Gasteiger partial charge in [-0.25, -0.2) is 13.1 Å². The van der Waals surface area contributed by atoms with E-state index in [1.807, 2.05) is 22.9 Å². The topological polar surface area (TPSA) is 66.5 Å².